The van der Waals surface area contributed by atoms with E-state index in [9.17, 15) is 4.79 Å². The van der Waals surface area contributed by atoms with E-state index in [1.807, 2.05) is 0 Å². The fraction of sp³-hybridized carbons (Fsp3) is 0.429. The summed E-state index contributed by atoms with van der Waals surface area (Å²) in [4.78, 5) is 13.6. The Bertz CT molecular complexity index is 162. The Balaban J connectivity index is 3.81. The van der Waals surface area contributed by atoms with Gasteiger partial charge in [-0.2, -0.15) is 0 Å². The molecule has 0 atom stereocenters. The van der Waals surface area contributed by atoms with Gasteiger partial charge in [0.2, 0.25) is 0 Å². The number of allylic oxidation sites excluding steroid dienone is 1. The largest absolute Gasteiger partial charge is 0.296 e. The molecule has 0 fully saturated rings. The van der Waals surface area contributed by atoms with Crippen LogP contribution in [-0.4, -0.2) is 5.78 Å². The molecular weight excluding hydrogens is 114 g/mol. The van der Waals surface area contributed by atoms with Crippen molar-refractivity contribution in [2.75, 3.05) is 0 Å². The fourth-order valence-electron chi connectivity index (χ4n) is 0.303. The lowest BCUT2D eigenvalue weighted by molar-refractivity contribution is -0.117. The minimum Gasteiger partial charge on any atom is -0.296 e. The molecule has 0 rings (SSSR count). The summed E-state index contributed by atoms with van der Waals surface area (Å²) >= 11 is 0. The number of nitrogens with zero attached hydrogens (tertiary/aromatic N) is 1. The van der Waals surface area contributed by atoms with Gasteiger partial charge in [0.1, 0.15) is 5.78 Å². The van der Waals surface area contributed by atoms with Gasteiger partial charge in [0.25, 0.3) is 0 Å². The average molecular weight is 123 g/mol. The van der Waals surface area contributed by atoms with E-state index < -0.39 is 0 Å². The third-order valence-corrected chi connectivity index (χ3v) is 0.882. The van der Waals surface area contributed by atoms with Crippen LogP contribution in [0.3, 0.4) is 0 Å². The van der Waals surface area contributed by atoms with E-state index in [0.717, 1.165) is 0 Å². The topological polar surface area (TPSA) is 21.4 Å². The quantitative estimate of drug-likeness (QED) is 0.404. The van der Waals surface area contributed by atoms with E-state index in [1.165, 1.54) is 12.3 Å². The first-order valence-corrected chi connectivity index (χ1v) is 2.75. The first-order chi connectivity index (χ1) is 4.18. The van der Waals surface area contributed by atoms with Crippen LogP contribution < -0.4 is 0 Å². The van der Waals surface area contributed by atoms with Gasteiger partial charge in [0.15, 0.2) is 6.20 Å². The molecule has 0 heterocycles. The van der Waals surface area contributed by atoms with Crippen molar-refractivity contribution in [3.63, 3.8) is 0 Å². The summed E-state index contributed by atoms with van der Waals surface area (Å²) in [5, 5.41) is 0. The zero-order valence-corrected chi connectivity index (χ0v) is 5.59. The van der Waals surface area contributed by atoms with Crippen LogP contribution in [0.1, 0.15) is 13.8 Å². The molecule has 9 heavy (non-hydrogen) atoms. The van der Waals surface area contributed by atoms with Crippen molar-refractivity contribution in [1.82, 2.24) is 0 Å². The number of hydrogen-bond donors (Lipinski definition) is 0. The van der Waals surface area contributed by atoms with Gasteiger partial charge in [-0.1, -0.05) is 13.8 Å². The van der Waals surface area contributed by atoms with Crippen LogP contribution in [0.25, 0.3) is 4.85 Å². The Kier molecular flexibility index (Phi) is 3.38. The second-order valence-electron chi connectivity index (χ2n) is 2.00. The summed E-state index contributed by atoms with van der Waals surface area (Å²) in [5.74, 6) is 0.00833. The third kappa shape index (κ3) is 3.48. The van der Waals surface area contributed by atoms with E-state index in [1.54, 1.807) is 13.8 Å². The van der Waals surface area contributed by atoms with Crippen molar-refractivity contribution in [2.45, 2.75) is 13.8 Å². The van der Waals surface area contributed by atoms with Gasteiger partial charge in [-0.3, -0.25) is 4.79 Å². The van der Waals surface area contributed by atoms with Gasteiger partial charge in [-0.05, 0) is 6.08 Å². The van der Waals surface area contributed by atoms with Crippen molar-refractivity contribution >= 4 is 5.78 Å². The molecule has 0 aromatic carbocycles. The molecule has 2 heteroatoms. The van der Waals surface area contributed by atoms with Crippen LogP contribution in [0, 0.1) is 12.5 Å². The highest BCUT2D eigenvalue weighted by Gasteiger charge is 1.99. The predicted molar refractivity (Wildman–Crippen MR) is 35.6 cm³/mol. The van der Waals surface area contributed by atoms with Crippen molar-refractivity contribution < 1.29 is 4.79 Å². The van der Waals surface area contributed by atoms with E-state index in [2.05, 4.69) is 4.85 Å². The molecule has 0 saturated carbocycles. The Morgan fingerprint density at radius 1 is 1.67 bits per heavy atom. The molecule has 0 unspecified atom stereocenters. The summed E-state index contributed by atoms with van der Waals surface area (Å²) in [7, 11) is 0. The van der Waals surface area contributed by atoms with Gasteiger partial charge in [-0.15, -0.1) is 0 Å². The molecule has 0 amide bonds. The molecule has 2 nitrogen and oxygen atoms in total. The minimum atomic E-state index is 0.00278. The highest BCUT2D eigenvalue weighted by atomic mass is 16.1. The smallest absolute Gasteiger partial charge is 0.157 e. The Morgan fingerprint density at radius 3 is 2.56 bits per heavy atom. The maximum atomic E-state index is 10.7. The number of carbonyl (C=O) groups is 1. The van der Waals surface area contributed by atoms with Crippen molar-refractivity contribution in [2.24, 2.45) is 5.92 Å². The summed E-state index contributed by atoms with van der Waals surface area (Å²) in [6.07, 6.45) is 2.49. The van der Waals surface area contributed by atoms with Crippen LogP contribution >= 0.6 is 0 Å². The van der Waals surface area contributed by atoms with Crippen LogP contribution in [0.5, 0.6) is 0 Å². The second kappa shape index (κ2) is 3.85. The highest BCUT2D eigenvalue weighted by molar-refractivity contribution is 5.91. The van der Waals surface area contributed by atoms with Gasteiger partial charge >= 0.3 is 0 Å². The molecule has 0 spiro atoms. The maximum Gasteiger partial charge on any atom is 0.157 e. The van der Waals surface area contributed by atoms with E-state index >= 15 is 0 Å². The lowest BCUT2D eigenvalue weighted by Gasteiger charge is -1.93. The SMILES string of the molecule is [C-]#[N+]/C=C/C(=O)C(C)C. The van der Waals surface area contributed by atoms with Gasteiger partial charge in [-0.25, -0.2) is 4.85 Å². The Labute approximate surface area is 55.0 Å². The average Bonchev–Trinajstić information content (AvgIpc) is 1.82. The molecule has 0 N–H and O–H groups in total. The first kappa shape index (κ1) is 7.90. The number of ketones is 1. The van der Waals surface area contributed by atoms with Gasteiger partial charge in [0, 0.05) is 5.92 Å². The summed E-state index contributed by atoms with van der Waals surface area (Å²) in [6, 6.07) is 0. The first-order valence-electron chi connectivity index (χ1n) is 2.75. The van der Waals surface area contributed by atoms with Gasteiger partial charge in [0.05, 0.1) is 6.57 Å². The van der Waals surface area contributed by atoms with Crippen LogP contribution in [0.2, 0.25) is 0 Å². The van der Waals surface area contributed by atoms with E-state index in [-0.39, 0.29) is 11.7 Å². The summed E-state index contributed by atoms with van der Waals surface area (Å²) in [5.41, 5.74) is 0. The number of rotatable bonds is 2. The van der Waals surface area contributed by atoms with Gasteiger partial charge < -0.3 is 0 Å². The zero-order chi connectivity index (χ0) is 7.28. The standard InChI is InChI=1S/C7H9NO/c1-6(2)7(9)4-5-8-3/h4-6H,1-2H3/b5-4+. The van der Waals surface area contributed by atoms with E-state index in [4.69, 9.17) is 6.57 Å². The Morgan fingerprint density at radius 2 is 2.22 bits per heavy atom. The van der Waals surface area contributed by atoms with Crippen molar-refractivity contribution in [3.8, 4) is 0 Å². The minimum absolute atomic E-state index is 0.00278. The summed E-state index contributed by atoms with van der Waals surface area (Å²) in [6.45, 7) is 9.93. The fourth-order valence-corrected chi connectivity index (χ4v) is 0.303. The maximum absolute atomic E-state index is 10.7. The van der Waals surface area contributed by atoms with E-state index in [0.29, 0.717) is 0 Å². The van der Waals surface area contributed by atoms with Crippen molar-refractivity contribution in [3.05, 3.63) is 23.7 Å². The molecule has 48 valence electrons. The predicted octanol–water partition coefficient (Wildman–Crippen LogP) is 1.64. The molecule has 0 aromatic heterocycles. The molecular formula is C7H9NO. The van der Waals surface area contributed by atoms with Crippen LogP contribution in [-0.2, 0) is 4.79 Å². The molecule has 0 saturated heterocycles. The molecule has 0 aliphatic rings. The molecule has 0 radical (unpaired) electrons. The normalized spacial score (nSPS) is 10.0. The van der Waals surface area contributed by atoms with Crippen LogP contribution in [0.15, 0.2) is 12.3 Å². The third-order valence-electron chi connectivity index (χ3n) is 0.882. The molecule has 0 aliphatic carbocycles. The molecule has 0 aromatic rings. The second-order valence-corrected chi connectivity index (χ2v) is 2.00. The molecule has 0 bridgehead atoms. The number of carbonyl (C=O) groups excluding carboxylic acids is 1. The van der Waals surface area contributed by atoms with Crippen LogP contribution in [0.4, 0.5) is 0 Å². The summed E-state index contributed by atoms with van der Waals surface area (Å²) < 4.78 is 0. The lowest BCUT2D eigenvalue weighted by Crippen LogP contribution is -2.01. The Hall–Kier alpha value is -1.10. The molecule has 0 aliphatic heterocycles. The lowest BCUT2D eigenvalue weighted by atomic mass is 10.1. The van der Waals surface area contributed by atoms with Crippen molar-refractivity contribution in [1.29, 1.82) is 0 Å². The number of hydrogen-bond acceptors (Lipinski definition) is 1. The monoisotopic (exact) mass is 123 g/mol. The zero-order valence-electron chi connectivity index (χ0n) is 5.59. The highest BCUT2D eigenvalue weighted by Crippen LogP contribution is 1.94.